The lowest BCUT2D eigenvalue weighted by molar-refractivity contribution is -0.121. The van der Waals surface area contributed by atoms with Crippen LogP contribution in [0.2, 0.25) is 0 Å². The lowest BCUT2D eigenvalue weighted by Crippen LogP contribution is -2.39. The summed E-state index contributed by atoms with van der Waals surface area (Å²) in [6.45, 7) is 4.45. The maximum Gasteiger partial charge on any atom is 0.242 e. The second-order valence-corrected chi connectivity index (χ2v) is 5.74. The number of carbonyl (C=O) groups excluding carboxylic acids is 1. The van der Waals surface area contributed by atoms with Crippen LogP contribution in [0.1, 0.15) is 37.6 Å². The molecular formula is C15H20ClNO. The van der Waals surface area contributed by atoms with Crippen LogP contribution < -0.4 is 5.32 Å². The first kappa shape index (κ1) is 13.4. The van der Waals surface area contributed by atoms with Gasteiger partial charge in [-0.1, -0.05) is 44.2 Å². The van der Waals surface area contributed by atoms with Crippen molar-refractivity contribution in [2.45, 2.75) is 38.1 Å². The summed E-state index contributed by atoms with van der Waals surface area (Å²) < 4.78 is 0. The van der Waals surface area contributed by atoms with Crippen LogP contribution in [0.15, 0.2) is 30.3 Å². The first-order valence-corrected chi connectivity index (χ1v) is 7.02. The highest BCUT2D eigenvalue weighted by Crippen LogP contribution is 2.32. The van der Waals surface area contributed by atoms with Gasteiger partial charge in [0.1, 0.15) is 5.38 Å². The van der Waals surface area contributed by atoms with E-state index in [1.165, 1.54) is 6.42 Å². The molecular weight excluding hydrogens is 246 g/mol. The van der Waals surface area contributed by atoms with Crippen LogP contribution in [0.3, 0.4) is 0 Å². The van der Waals surface area contributed by atoms with Gasteiger partial charge in [-0.2, -0.15) is 0 Å². The normalized spacial score (nSPS) is 28.9. The molecule has 4 unspecified atom stereocenters. The van der Waals surface area contributed by atoms with E-state index < -0.39 is 5.38 Å². The molecule has 1 N–H and O–H groups in total. The summed E-state index contributed by atoms with van der Waals surface area (Å²) in [5, 5.41) is 2.50. The zero-order chi connectivity index (χ0) is 13.1. The van der Waals surface area contributed by atoms with Crippen LogP contribution >= 0.6 is 11.6 Å². The molecule has 2 nitrogen and oxygen atoms in total. The molecule has 0 saturated heterocycles. The molecule has 1 aromatic carbocycles. The van der Waals surface area contributed by atoms with Crippen LogP contribution in [-0.2, 0) is 4.79 Å². The van der Waals surface area contributed by atoms with E-state index in [1.54, 1.807) is 0 Å². The Morgan fingerprint density at radius 2 is 1.94 bits per heavy atom. The number of hydrogen-bond acceptors (Lipinski definition) is 1. The third-order valence-electron chi connectivity index (χ3n) is 4.12. The lowest BCUT2D eigenvalue weighted by Gasteiger charge is -2.21. The number of rotatable bonds is 3. The van der Waals surface area contributed by atoms with Crippen molar-refractivity contribution in [3.63, 3.8) is 0 Å². The number of carbonyl (C=O) groups is 1. The molecule has 2 rings (SSSR count). The minimum Gasteiger partial charge on any atom is -0.352 e. The van der Waals surface area contributed by atoms with Crippen molar-refractivity contribution < 1.29 is 4.79 Å². The van der Waals surface area contributed by atoms with Gasteiger partial charge in [0.25, 0.3) is 0 Å². The van der Waals surface area contributed by atoms with Gasteiger partial charge in [-0.3, -0.25) is 4.79 Å². The third kappa shape index (κ3) is 2.86. The minimum absolute atomic E-state index is 0.0752. The molecule has 1 fully saturated rings. The number of benzene rings is 1. The fraction of sp³-hybridized carbons (Fsp3) is 0.533. The predicted molar refractivity (Wildman–Crippen MR) is 74.5 cm³/mol. The molecule has 1 aliphatic rings. The molecule has 98 valence electrons. The van der Waals surface area contributed by atoms with Crippen LogP contribution in [0, 0.1) is 11.8 Å². The molecule has 3 heteroatoms. The van der Waals surface area contributed by atoms with E-state index in [9.17, 15) is 4.79 Å². The largest absolute Gasteiger partial charge is 0.352 e. The number of hydrogen-bond donors (Lipinski definition) is 1. The van der Waals surface area contributed by atoms with Gasteiger partial charge in [0.05, 0.1) is 0 Å². The number of nitrogens with one attached hydrogen (secondary N) is 1. The highest BCUT2D eigenvalue weighted by Gasteiger charge is 2.32. The Morgan fingerprint density at radius 3 is 2.50 bits per heavy atom. The van der Waals surface area contributed by atoms with Gasteiger partial charge >= 0.3 is 0 Å². The van der Waals surface area contributed by atoms with Crippen LogP contribution in [-0.4, -0.2) is 11.9 Å². The fourth-order valence-corrected chi connectivity index (χ4v) is 2.81. The Labute approximate surface area is 114 Å². The summed E-state index contributed by atoms with van der Waals surface area (Å²) in [4.78, 5) is 12.1. The first-order valence-electron chi connectivity index (χ1n) is 6.59. The Morgan fingerprint density at radius 1 is 1.28 bits per heavy atom. The maximum atomic E-state index is 12.1. The molecule has 4 atom stereocenters. The number of amides is 1. The maximum absolute atomic E-state index is 12.1. The van der Waals surface area contributed by atoms with Gasteiger partial charge < -0.3 is 5.32 Å². The molecule has 1 saturated carbocycles. The minimum atomic E-state index is -0.589. The van der Waals surface area contributed by atoms with E-state index in [2.05, 4.69) is 19.2 Å². The molecule has 0 aliphatic heterocycles. The van der Waals surface area contributed by atoms with Crippen LogP contribution in [0.5, 0.6) is 0 Å². The number of halogens is 1. The van der Waals surface area contributed by atoms with Crippen molar-refractivity contribution in [3.05, 3.63) is 35.9 Å². The molecule has 0 aromatic heterocycles. The first-order chi connectivity index (χ1) is 8.59. The standard InChI is InChI=1S/C15H20ClNO/c1-10-8-9-13(11(10)2)17-15(18)14(16)12-6-4-3-5-7-12/h3-7,10-11,13-14H,8-9H2,1-2H3,(H,17,18). The van der Waals surface area contributed by atoms with Crippen molar-refractivity contribution in [1.82, 2.24) is 5.32 Å². The molecule has 1 aromatic rings. The van der Waals surface area contributed by atoms with Crippen LogP contribution in [0.4, 0.5) is 0 Å². The lowest BCUT2D eigenvalue weighted by atomic mass is 9.97. The zero-order valence-corrected chi connectivity index (χ0v) is 11.7. The van der Waals surface area contributed by atoms with E-state index >= 15 is 0 Å². The molecule has 18 heavy (non-hydrogen) atoms. The van der Waals surface area contributed by atoms with Crippen molar-refractivity contribution in [2.24, 2.45) is 11.8 Å². The molecule has 0 spiro atoms. The summed E-state index contributed by atoms with van der Waals surface area (Å²) in [6.07, 6.45) is 2.25. The average Bonchev–Trinajstić information content (AvgIpc) is 2.71. The average molecular weight is 266 g/mol. The van der Waals surface area contributed by atoms with E-state index in [4.69, 9.17) is 11.6 Å². The van der Waals surface area contributed by atoms with Crippen molar-refractivity contribution in [3.8, 4) is 0 Å². The van der Waals surface area contributed by atoms with Gasteiger partial charge in [0.2, 0.25) is 5.91 Å². The smallest absolute Gasteiger partial charge is 0.242 e. The topological polar surface area (TPSA) is 29.1 Å². The van der Waals surface area contributed by atoms with Crippen molar-refractivity contribution in [2.75, 3.05) is 0 Å². The molecule has 1 aliphatic carbocycles. The Hall–Kier alpha value is -1.02. The quantitative estimate of drug-likeness (QED) is 0.833. The van der Waals surface area contributed by atoms with E-state index in [-0.39, 0.29) is 11.9 Å². The monoisotopic (exact) mass is 265 g/mol. The van der Waals surface area contributed by atoms with E-state index in [0.29, 0.717) is 11.8 Å². The second kappa shape index (κ2) is 5.75. The van der Waals surface area contributed by atoms with Gasteiger partial charge in [-0.15, -0.1) is 11.6 Å². The Bertz CT molecular complexity index is 406. The summed E-state index contributed by atoms with van der Waals surface area (Å²) in [5.74, 6) is 1.14. The fourth-order valence-electron chi connectivity index (χ4n) is 2.60. The highest BCUT2D eigenvalue weighted by molar-refractivity contribution is 6.30. The summed E-state index contributed by atoms with van der Waals surface area (Å²) in [6, 6.07) is 9.77. The molecule has 0 heterocycles. The van der Waals surface area contributed by atoms with E-state index in [1.807, 2.05) is 30.3 Å². The third-order valence-corrected chi connectivity index (χ3v) is 4.57. The molecule has 1 amide bonds. The Kier molecular flexibility index (Phi) is 4.28. The Balaban J connectivity index is 1.96. The molecule has 0 radical (unpaired) electrons. The van der Waals surface area contributed by atoms with Gasteiger partial charge in [-0.25, -0.2) is 0 Å². The van der Waals surface area contributed by atoms with Crippen LogP contribution in [0.25, 0.3) is 0 Å². The summed E-state index contributed by atoms with van der Waals surface area (Å²) in [7, 11) is 0. The zero-order valence-electron chi connectivity index (χ0n) is 10.9. The summed E-state index contributed by atoms with van der Waals surface area (Å²) in [5.41, 5.74) is 0.857. The van der Waals surface area contributed by atoms with E-state index in [0.717, 1.165) is 12.0 Å². The van der Waals surface area contributed by atoms with Gasteiger partial charge in [0.15, 0.2) is 0 Å². The van der Waals surface area contributed by atoms with Crippen molar-refractivity contribution in [1.29, 1.82) is 0 Å². The SMILES string of the molecule is CC1CCC(NC(=O)C(Cl)c2ccccc2)C1C. The predicted octanol–water partition coefficient (Wildman–Crippen LogP) is 3.52. The highest BCUT2D eigenvalue weighted by atomic mass is 35.5. The molecule has 0 bridgehead atoms. The second-order valence-electron chi connectivity index (χ2n) is 5.30. The van der Waals surface area contributed by atoms with Gasteiger partial charge in [-0.05, 0) is 30.2 Å². The number of alkyl halides is 1. The van der Waals surface area contributed by atoms with Gasteiger partial charge in [0, 0.05) is 6.04 Å². The van der Waals surface area contributed by atoms with Crippen molar-refractivity contribution >= 4 is 17.5 Å². The summed E-state index contributed by atoms with van der Waals surface area (Å²) >= 11 is 6.21.